The normalized spacial score (nSPS) is 17.6. The van der Waals surface area contributed by atoms with E-state index in [0.29, 0.717) is 78.2 Å². The third-order valence-corrected chi connectivity index (χ3v) is 13.3. The van der Waals surface area contributed by atoms with Crippen LogP contribution in [-0.2, 0) is 19.1 Å². The Morgan fingerprint density at radius 3 is 1.00 bits per heavy atom. The number of ether oxygens (including phenoxy) is 2. The Morgan fingerprint density at radius 1 is 0.463 bits per heavy atom. The summed E-state index contributed by atoms with van der Waals surface area (Å²) in [6, 6.07) is 54.3. The SMILES string of the molecule is COC(=O)C1(C(=O)OC)[C@@H]2c3nc(c(-c4ccccc4)c4ccc([nH]4)c(-c4ccccc4)c4nc(c(-c5ccccc5)c5ccc([nH]5)c3-c3ccccc3)[C@H](C(C#N)C#N)[C@H]4C(C#N)C#N)[C@@H]21. The van der Waals surface area contributed by atoms with Crippen LogP contribution in [0.5, 0.6) is 0 Å². The maximum Gasteiger partial charge on any atom is 0.324 e. The van der Waals surface area contributed by atoms with Crippen molar-refractivity contribution in [3.05, 3.63) is 168 Å². The molecule has 2 aliphatic heterocycles. The van der Waals surface area contributed by atoms with E-state index in [0.717, 1.165) is 11.1 Å². The van der Waals surface area contributed by atoms with E-state index in [2.05, 4.69) is 34.2 Å². The van der Waals surface area contributed by atoms with Crippen molar-refractivity contribution in [1.29, 1.82) is 21.0 Å². The molecule has 7 aromatic rings. The Morgan fingerprint density at radius 2 is 0.731 bits per heavy atom. The van der Waals surface area contributed by atoms with Gasteiger partial charge in [0.25, 0.3) is 0 Å². The minimum atomic E-state index is -1.79. The van der Waals surface area contributed by atoms with Crippen molar-refractivity contribution in [2.24, 2.45) is 17.3 Å². The van der Waals surface area contributed by atoms with Crippen molar-refractivity contribution in [3.63, 3.8) is 0 Å². The average Bonchev–Trinajstić information content (AvgIpc) is 3.92. The van der Waals surface area contributed by atoms with E-state index >= 15 is 0 Å². The lowest BCUT2D eigenvalue weighted by Gasteiger charge is -2.23. The highest BCUT2D eigenvalue weighted by atomic mass is 16.5. The summed E-state index contributed by atoms with van der Waals surface area (Å²) in [6.07, 6.45) is 0. The lowest BCUT2D eigenvalue weighted by molar-refractivity contribution is -0.162. The van der Waals surface area contributed by atoms with Gasteiger partial charge < -0.3 is 19.4 Å². The molecule has 0 spiro atoms. The molecule has 0 amide bonds. The van der Waals surface area contributed by atoms with E-state index in [4.69, 9.17) is 19.4 Å². The molecule has 5 heterocycles. The third-order valence-electron chi connectivity index (χ3n) is 13.3. The van der Waals surface area contributed by atoms with E-state index in [1.165, 1.54) is 14.2 Å². The zero-order valence-electron chi connectivity index (χ0n) is 36.1. The Labute approximate surface area is 385 Å². The van der Waals surface area contributed by atoms with Gasteiger partial charge in [-0.1, -0.05) is 121 Å². The maximum absolute atomic E-state index is 14.3. The largest absolute Gasteiger partial charge is 0.468 e. The number of H-pyrrole nitrogens is 2. The molecule has 4 atom stereocenters. The number of nitrogens with one attached hydrogen (secondary N) is 2. The summed E-state index contributed by atoms with van der Waals surface area (Å²) in [6.45, 7) is 0. The predicted molar refractivity (Wildman–Crippen MR) is 250 cm³/mol. The fourth-order valence-corrected chi connectivity index (χ4v) is 10.5. The summed E-state index contributed by atoms with van der Waals surface area (Å²) < 4.78 is 11.0. The molecule has 12 heteroatoms. The van der Waals surface area contributed by atoms with Gasteiger partial charge in [0, 0.05) is 68.0 Å². The van der Waals surface area contributed by atoms with Crippen LogP contribution in [0, 0.1) is 62.6 Å². The number of hydrogen-bond donors (Lipinski definition) is 2. The summed E-state index contributed by atoms with van der Waals surface area (Å²) >= 11 is 0. The summed E-state index contributed by atoms with van der Waals surface area (Å²) in [4.78, 5) is 47.0. The van der Waals surface area contributed by atoms with Gasteiger partial charge in [0.2, 0.25) is 0 Å². The molecule has 67 heavy (non-hydrogen) atoms. The second-order valence-corrected chi connectivity index (χ2v) is 16.6. The standard InChI is InChI=1S/C55H38N8O4/c1-66-53(64)55(54(65)67-2)47-48(55)52-44(34-21-13-6-14-22-34)40-26-24-38(61-40)42(32-17-9-4-10-18-32)50-46(36(29-58)30-59)45(35(27-56)28-57)49(62-50)41(31-15-7-3-8-16-31)37-23-25-39(60-37)43(51(47)63-52)33-19-11-5-12-20-33/h3-26,35-36,45-48,60-61H,1-2H3/t45-,46-,47-,48+/m1/s1. The molecule has 2 N–H and O–H groups in total. The predicted octanol–water partition coefficient (Wildman–Crippen LogP) is 10.4. The number of nitriles is 4. The summed E-state index contributed by atoms with van der Waals surface area (Å²) in [5, 5.41) is 43.1. The fraction of sp³-hybridized carbons (Fsp3) is 0.164. The number of aromatic nitrogens is 4. The first-order valence-corrected chi connectivity index (χ1v) is 21.6. The van der Waals surface area contributed by atoms with Gasteiger partial charge in [-0.2, -0.15) is 21.0 Å². The van der Waals surface area contributed by atoms with Gasteiger partial charge in [-0.15, -0.1) is 0 Å². The quantitative estimate of drug-likeness (QED) is 0.109. The number of carbonyl (C=O) groups excluding carboxylic acids is 2. The van der Waals surface area contributed by atoms with Crippen molar-refractivity contribution >= 4 is 34.0 Å². The first-order valence-electron chi connectivity index (χ1n) is 21.6. The van der Waals surface area contributed by atoms with Crippen LogP contribution >= 0.6 is 0 Å². The van der Waals surface area contributed by atoms with Crippen molar-refractivity contribution in [2.75, 3.05) is 14.2 Å². The van der Waals surface area contributed by atoms with Gasteiger partial charge in [0.05, 0.1) is 61.3 Å². The molecule has 0 saturated heterocycles. The smallest absolute Gasteiger partial charge is 0.324 e. The second kappa shape index (κ2) is 16.8. The molecule has 0 radical (unpaired) electrons. The minimum Gasteiger partial charge on any atom is -0.468 e. The van der Waals surface area contributed by atoms with Crippen molar-refractivity contribution < 1.29 is 19.1 Å². The van der Waals surface area contributed by atoms with E-state index in [-0.39, 0.29) is 0 Å². The summed E-state index contributed by atoms with van der Waals surface area (Å²) in [7, 11) is 2.52. The number of fused-ring (bicyclic) bond motifs is 11. The van der Waals surface area contributed by atoms with Gasteiger partial charge in [-0.25, -0.2) is 0 Å². The number of hydrogen-bond acceptors (Lipinski definition) is 10. The molecule has 10 rings (SSSR count). The van der Waals surface area contributed by atoms with Crippen LogP contribution in [0.4, 0.5) is 0 Å². The Kier molecular flexibility index (Phi) is 10.5. The van der Waals surface area contributed by atoms with Crippen LogP contribution in [-0.4, -0.2) is 46.1 Å². The molecule has 1 aliphatic carbocycles. The van der Waals surface area contributed by atoms with Crippen molar-refractivity contribution in [3.8, 4) is 68.8 Å². The molecule has 12 nitrogen and oxygen atoms in total. The van der Waals surface area contributed by atoms with E-state index in [1.54, 1.807) is 0 Å². The Hall–Kier alpha value is -9.10. The molecular weight excluding hydrogens is 837 g/mol. The highest BCUT2D eigenvalue weighted by Gasteiger charge is 2.81. The lowest BCUT2D eigenvalue weighted by Crippen LogP contribution is -2.32. The van der Waals surface area contributed by atoms with Crippen LogP contribution in [0.15, 0.2) is 146 Å². The van der Waals surface area contributed by atoms with Gasteiger partial charge in [0.1, 0.15) is 11.8 Å². The van der Waals surface area contributed by atoms with E-state index in [1.807, 2.05) is 146 Å². The molecule has 0 unspecified atom stereocenters. The van der Waals surface area contributed by atoms with Gasteiger partial charge in [-0.05, 0) is 46.5 Å². The Bertz CT molecular complexity index is 3210. The minimum absolute atomic E-state index is 0.347. The Balaban J connectivity index is 1.50. The number of rotatable bonds is 8. The van der Waals surface area contributed by atoms with Crippen LogP contribution in [0.2, 0.25) is 0 Å². The highest BCUT2D eigenvalue weighted by Crippen LogP contribution is 2.75. The maximum atomic E-state index is 14.3. The van der Waals surface area contributed by atoms with Gasteiger partial charge in [0.15, 0.2) is 5.41 Å². The molecule has 1 fully saturated rings. The topological polar surface area (TPSA) is 205 Å². The first kappa shape index (κ1) is 41.9. The van der Waals surface area contributed by atoms with Crippen LogP contribution < -0.4 is 0 Å². The van der Waals surface area contributed by atoms with Gasteiger partial charge in [-0.3, -0.25) is 19.6 Å². The number of esters is 2. The first-order chi connectivity index (χ1) is 32.8. The molecular formula is C55H38N8O4. The number of aromatic amines is 2. The third kappa shape index (κ3) is 6.46. The van der Waals surface area contributed by atoms with Crippen LogP contribution in [0.1, 0.15) is 46.4 Å². The van der Waals surface area contributed by atoms with Gasteiger partial charge >= 0.3 is 11.9 Å². The van der Waals surface area contributed by atoms with Crippen LogP contribution in [0.25, 0.3) is 66.6 Å². The van der Waals surface area contributed by atoms with Crippen LogP contribution in [0.3, 0.4) is 0 Å². The summed E-state index contributed by atoms with van der Waals surface area (Å²) in [5.74, 6) is -7.87. The number of benzene rings is 4. The second-order valence-electron chi connectivity index (χ2n) is 16.6. The molecule has 322 valence electrons. The van der Waals surface area contributed by atoms with Crippen molar-refractivity contribution in [2.45, 2.75) is 23.7 Å². The monoisotopic (exact) mass is 874 g/mol. The average molecular weight is 875 g/mol. The number of nitrogens with zero attached hydrogens (tertiary/aromatic N) is 6. The summed E-state index contributed by atoms with van der Waals surface area (Å²) in [5.41, 5.74) is 7.28. The number of methoxy groups -OCH3 is 2. The highest BCUT2D eigenvalue weighted by molar-refractivity contribution is 6.09. The molecule has 8 bridgehead atoms. The van der Waals surface area contributed by atoms with E-state index < -0.39 is 52.9 Å². The zero-order valence-corrected chi connectivity index (χ0v) is 36.1. The molecule has 1 saturated carbocycles. The lowest BCUT2D eigenvalue weighted by atomic mass is 9.72. The fourth-order valence-electron chi connectivity index (χ4n) is 10.5. The van der Waals surface area contributed by atoms with Crippen molar-refractivity contribution in [1.82, 2.24) is 19.9 Å². The van der Waals surface area contributed by atoms with E-state index in [9.17, 15) is 30.6 Å². The molecule has 4 aromatic carbocycles. The molecule has 3 aromatic heterocycles. The molecule has 3 aliphatic rings. The zero-order chi connectivity index (χ0) is 46.4. The number of carbonyl (C=O) groups is 2.